The number of hydrogen-bond acceptors (Lipinski definition) is 4. The van der Waals surface area contributed by atoms with Crippen LogP contribution >= 0.6 is 0 Å². The van der Waals surface area contributed by atoms with Crippen molar-refractivity contribution in [1.29, 1.82) is 0 Å². The summed E-state index contributed by atoms with van der Waals surface area (Å²) in [6.45, 7) is 1.14. The van der Waals surface area contributed by atoms with E-state index >= 15 is 0 Å². The topological polar surface area (TPSA) is 93.9 Å². The van der Waals surface area contributed by atoms with Crippen molar-refractivity contribution in [3.63, 3.8) is 0 Å². The van der Waals surface area contributed by atoms with E-state index in [-0.39, 0.29) is 30.2 Å². The largest absolute Gasteiger partial charge is 0.370 e. The van der Waals surface area contributed by atoms with Crippen LogP contribution < -0.4 is 11.0 Å². The number of rotatable bonds is 5. The second-order valence-corrected chi connectivity index (χ2v) is 6.57. The minimum absolute atomic E-state index is 0.0104. The van der Waals surface area contributed by atoms with Gasteiger partial charge in [-0.1, -0.05) is 12.1 Å². The Morgan fingerprint density at radius 1 is 1.42 bits per heavy atom. The molecule has 1 saturated heterocycles. The van der Waals surface area contributed by atoms with Crippen LogP contribution in [0.25, 0.3) is 11.0 Å². The van der Waals surface area contributed by atoms with Crippen molar-refractivity contribution in [3.05, 3.63) is 53.0 Å². The van der Waals surface area contributed by atoms with Gasteiger partial charge in [0.25, 0.3) is 0 Å². The number of aryl methyl sites for hydroxylation is 1. The number of benzene rings is 1. The summed E-state index contributed by atoms with van der Waals surface area (Å²) in [7, 11) is 1.93. The van der Waals surface area contributed by atoms with Crippen LogP contribution in [0.2, 0.25) is 0 Å². The number of imidazole rings is 2. The molecule has 0 spiro atoms. The van der Waals surface area contributed by atoms with Crippen molar-refractivity contribution in [2.24, 2.45) is 13.0 Å². The van der Waals surface area contributed by atoms with Crippen LogP contribution in [0.3, 0.4) is 0 Å². The molecule has 8 nitrogen and oxygen atoms in total. The molecule has 1 amide bonds. The summed E-state index contributed by atoms with van der Waals surface area (Å²) in [5.41, 5.74) is 1.17. The zero-order valence-electron chi connectivity index (χ0n) is 14.5. The van der Waals surface area contributed by atoms with E-state index in [0.717, 1.165) is 23.3 Å². The first kappa shape index (κ1) is 16.6. The first-order valence-electron chi connectivity index (χ1n) is 8.66. The average Bonchev–Trinajstić information content (AvgIpc) is 3.33. The molecule has 4 rings (SSSR count). The van der Waals surface area contributed by atoms with Gasteiger partial charge in [0.05, 0.1) is 11.0 Å². The third kappa shape index (κ3) is 3.03. The van der Waals surface area contributed by atoms with Gasteiger partial charge in [-0.15, -0.1) is 0 Å². The lowest BCUT2D eigenvalue weighted by Crippen LogP contribution is -2.35. The fourth-order valence-electron chi connectivity index (χ4n) is 3.49. The van der Waals surface area contributed by atoms with Crippen LogP contribution in [0.5, 0.6) is 0 Å². The maximum absolute atomic E-state index is 12.4. The van der Waals surface area contributed by atoms with Gasteiger partial charge in [-0.3, -0.25) is 9.36 Å². The van der Waals surface area contributed by atoms with Crippen molar-refractivity contribution in [2.75, 3.05) is 13.2 Å². The molecular weight excluding hydrogens is 334 g/mol. The Hall–Kier alpha value is -2.87. The lowest BCUT2D eigenvalue weighted by Gasteiger charge is -2.18. The highest BCUT2D eigenvalue weighted by molar-refractivity contribution is 5.80. The molecule has 0 bridgehead atoms. The maximum atomic E-state index is 12.4. The Morgan fingerprint density at radius 2 is 2.27 bits per heavy atom. The summed E-state index contributed by atoms with van der Waals surface area (Å²) in [6, 6.07) is 7.33. The van der Waals surface area contributed by atoms with Crippen LogP contribution in [0.1, 0.15) is 18.3 Å². The predicted molar refractivity (Wildman–Crippen MR) is 95.6 cm³/mol. The van der Waals surface area contributed by atoms with Crippen LogP contribution in [-0.4, -0.2) is 38.2 Å². The van der Waals surface area contributed by atoms with Crippen LogP contribution in [-0.2, 0) is 23.1 Å². The molecule has 3 heterocycles. The molecule has 1 aliphatic rings. The monoisotopic (exact) mass is 355 g/mol. The summed E-state index contributed by atoms with van der Waals surface area (Å²) < 4.78 is 9.20. The quantitative estimate of drug-likeness (QED) is 0.713. The van der Waals surface area contributed by atoms with Crippen LogP contribution in [0, 0.1) is 5.92 Å². The second kappa shape index (κ2) is 6.80. The highest BCUT2D eigenvalue weighted by atomic mass is 16.5. The Labute approximate surface area is 149 Å². The van der Waals surface area contributed by atoms with Crippen molar-refractivity contribution in [1.82, 2.24) is 24.4 Å². The molecule has 8 heteroatoms. The van der Waals surface area contributed by atoms with Gasteiger partial charge < -0.3 is 19.6 Å². The Morgan fingerprint density at radius 3 is 3.08 bits per heavy atom. The number of fused-ring (bicyclic) bond motifs is 1. The zero-order valence-corrected chi connectivity index (χ0v) is 14.5. The van der Waals surface area contributed by atoms with Gasteiger partial charge in [-0.2, -0.15) is 0 Å². The molecule has 2 aromatic heterocycles. The number of amides is 1. The van der Waals surface area contributed by atoms with Gasteiger partial charge in [-0.05, 0) is 18.6 Å². The lowest BCUT2D eigenvalue weighted by molar-refractivity contribution is -0.121. The highest BCUT2D eigenvalue weighted by Gasteiger charge is 2.32. The zero-order chi connectivity index (χ0) is 18.1. The minimum atomic E-state index is -0.281. The third-order valence-corrected chi connectivity index (χ3v) is 4.87. The van der Waals surface area contributed by atoms with Crippen LogP contribution in [0.4, 0.5) is 0 Å². The van der Waals surface area contributed by atoms with E-state index in [2.05, 4.69) is 15.3 Å². The fraction of sp³-hybridized carbons (Fsp3) is 0.389. The number of carbonyl (C=O) groups is 1. The maximum Gasteiger partial charge on any atom is 0.326 e. The Bertz CT molecular complexity index is 986. The first-order valence-corrected chi connectivity index (χ1v) is 8.66. The molecule has 1 fully saturated rings. The van der Waals surface area contributed by atoms with E-state index in [4.69, 9.17) is 4.74 Å². The molecule has 26 heavy (non-hydrogen) atoms. The molecule has 1 aliphatic heterocycles. The molecule has 3 aromatic rings. The number of ether oxygens (including phenoxy) is 1. The van der Waals surface area contributed by atoms with E-state index in [0.29, 0.717) is 13.2 Å². The minimum Gasteiger partial charge on any atom is -0.370 e. The van der Waals surface area contributed by atoms with Gasteiger partial charge in [0.1, 0.15) is 18.5 Å². The van der Waals surface area contributed by atoms with E-state index in [9.17, 15) is 9.59 Å². The smallest absolute Gasteiger partial charge is 0.326 e. The standard InChI is InChI=1S/C18H21N5O3/c1-22-8-7-19-17(22)16-12(6-9-26-16)10-20-15(24)11-23-14-5-3-2-4-13(14)21-18(23)25/h2-5,7-8,12,16H,6,9-11H2,1H3,(H,20,24)(H,21,25)/t12-,16+/m0/s1. The summed E-state index contributed by atoms with van der Waals surface area (Å²) in [5, 5.41) is 2.94. The van der Waals surface area contributed by atoms with E-state index < -0.39 is 0 Å². The predicted octanol–water partition coefficient (Wildman–Crippen LogP) is 0.957. The third-order valence-electron chi connectivity index (χ3n) is 4.87. The number of aromatic nitrogens is 4. The van der Waals surface area contributed by atoms with E-state index in [1.807, 2.05) is 42.1 Å². The number of nitrogens with one attached hydrogen (secondary N) is 2. The van der Waals surface area contributed by atoms with Crippen LogP contribution in [0.15, 0.2) is 41.5 Å². The van der Waals surface area contributed by atoms with Gasteiger partial charge in [0, 0.05) is 38.5 Å². The summed E-state index contributed by atoms with van der Waals surface area (Å²) in [5.74, 6) is 0.844. The Balaban J connectivity index is 1.41. The number of hydrogen-bond donors (Lipinski definition) is 2. The summed E-state index contributed by atoms with van der Waals surface area (Å²) in [4.78, 5) is 31.6. The SMILES string of the molecule is Cn1ccnc1[C@@H]1OCC[C@H]1CNC(=O)Cn1c(=O)[nH]c2ccccc21. The number of nitrogens with zero attached hydrogens (tertiary/aromatic N) is 3. The molecule has 0 aliphatic carbocycles. The molecule has 2 atom stereocenters. The average molecular weight is 355 g/mol. The molecule has 0 radical (unpaired) electrons. The van der Waals surface area contributed by atoms with Gasteiger partial charge in [0.2, 0.25) is 5.91 Å². The van der Waals surface area contributed by atoms with Gasteiger partial charge in [0.15, 0.2) is 0 Å². The van der Waals surface area contributed by atoms with Crippen molar-refractivity contribution in [2.45, 2.75) is 19.1 Å². The number of carbonyl (C=O) groups excluding carboxylic acids is 1. The second-order valence-electron chi connectivity index (χ2n) is 6.57. The Kier molecular flexibility index (Phi) is 4.34. The van der Waals surface area contributed by atoms with Crippen molar-refractivity contribution < 1.29 is 9.53 Å². The fourth-order valence-corrected chi connectivity index (χ4v) is 3.49. The van der Waals surface area contributed by atoms with Gasteiger partial charge >= 0.3 is 5.69 Å². The lowest BCUT2D eigenvalue weighted by atomic mass is 10.0. The van der Waals surface area contributed by atoms with Gasteiger partial charge in [-0.25, -0.2) is 9.78 Å². The summed E-state index contributed by atoms with van der Waals surface area (Å²) >= 11 is 0. The van der Waals surface area contributed by atoms with Crippen molar-refractivity contribution in [3.8, 4) is 0 Å². The number of para-hydroxylation sites is 2. The molecule has 2 N–H and O–H groups in total. The molecule has 1 aromatic carbocycles. The molecule has 0 saturated carbocycles. The normalized spacial score (nSPS) is 19.9. The molecule has 0 unspecified atom stereocenters. The van der Waals surface area contributed by atoms with E-state index in [1.54, 1.807) is 6.20 Å². The molecular formula is C18H21N5O3. The first-order chi connectivity index (χ1) is 12.6. The van der Waals surface area contributed by atoms with E-state index in [1.165, 1.54) is 4.57 Å². The summed E-state index contributed by atoms with van der Waals surface area (Å²) in [6.07, 6.45) is 4.38. The van der Waals surface area contributed by atoms with Crippen molar-refractivity contribution >= 4 is 16.9 Å². The number of aromatic amines is 1. The number of H-pyrrole nitrogens is 1. The highest BCUT2D eigenvalue weighted by Crippen LogP contribution is 2.32. The molecule has 136 valence electrons.